The number of hydrogen-bond donors (Lipinski definition) is 2. The van der Waals surface area contributed by atoms with Crippen molar-refractivity contribution in [3.8, 4) is 0 Å². The zero-order valence-electron chi connectivity index (χ0n) is 8.22. The van der Waals surface area contributed by atoms with Gasteiger partial charge in [0.1, 0.15) is 0 Å². The Bertz CT molecular complexity index is 193. The maximum atomic E-state index is 11.9. The molecular formula is C9H16F2N2O. The summed E-state index contributed by atoms with van der Waals surface area (Å²) in [5, 5.41) is 5.50. The molecule has 0 saturated carbocycles. The molecule has 1 rings (SSSR count). The van der Waals surface area contributed by atoms with Crippen LogP contribution in [0, 0.1) is 5.92 Å². The molecule has 82 valence electrons. The van der Waals surface area contributed by atoms with Gasteiger partial charge in [0.05, 0.1) is 0 Å². The second kappa shape index (κ2) is 5.24. The quantitative estimate of drug-likeness (QED) is 0.715. The van der Waals surface area contributed by atoms with Crippen LogP contribution >= 0.6 is 0 Å². The van der Waals surface area contributed by atoms with Crippen LogP contribution in [0.5, 0.6) is 0 Å². The van der Waals surface area contributed by atoms with E-state index in [1.807, 2.05) is 0 Å². The third-order valence-electron chi connectivity index (χ3n) is 2.61. The Hall–Kier alpha value is -0.710. The van der Waals surface area contributed by atoms with E-state index in [4.69, 9.17) is 0 Å². The molecule has 5 heteroatoms. The number of alkyl halides is 2. The van der Waals surface area contributed by atoms with Gasteiger partial charge in [-0.2, -0.15) is 8.78 Å². The van der Waals surface area contributed by atoms with Crippen LogP contribution in [0.3, 0.4) is 0 Å². The highest BCUT2D eigenvalue weighted by Crippen LogP contribution is 2.14. The zero-order chi connectivity index (χ0) is 10.6. The molecule has 1 fully saturated rings. The molecule has 0 aromatic carbocycles. The van der Waals surface area contributed by atoms with Crippen molar-refractivity contribution in [2.75, 3.05) is 13.1 Å². The van der Waals surface area contributed by atoms with E-state index < -0.39 is 12.3 Å². The van der Waals surface area contributed by atoms with Crippen LogP contribution in [-0.4, -0.2) is 31.5 Å². The van der Waals surface area contributed by atoms with Gasteiger partial charge in [0.25, 0.3) is 5.91 Å². The number of carbonyl (C=O) groups excluding carboxylic acids is 1. The summed E-state index contributed by atoms with van der Waals surface area (Å²) in [5.74, 6) is -0.894. The molecule has 0 bridgehead atoms. The molecule has 14 heavy (non-hydrogen) atoms. The van der Waals surface area contributed by atoms with Crippen LogP contribution in [0.4, 0.5) is 8.78 Å². The molecule has 0 aromatic rings. The van der Waals surface area contributed by atoms with Crippen molar-refractivity contribution in [3.63, 3.8) is 0 Å². The SMILES string of the molecule is CC(NC(=O)C(F)F)C1CCCNC1. The summed E-state index contributed by atoms with van der Waals surface area (Å²) in [6.45, 7) is 3.55. The molecule has 1 saturated heterocycles. The fraction of sp³-hybridized carbons (Fsp3) is 0.889. The van der Waals surface area contributed by atoms with Crippen LogP contribution in [-0.2, 0) is 4.79 Å². The van der Waals surface area contributed by atoms with Crippen LogP contribution in [0.1, 0.15) is 19.8 Å². The van der Waals surface area contributed by atoms with E-state index in [-0.39, 0.29) is 12.0 Å². The smallest absolute Gasteiger partial charge is 0.315 e. The Morgan fingerprint density at radius 2 is 2.29 bits per heavy atom. The maximum absolute atomic E-state index is 11.9. The van der Waals surface area contributed by atoms with Crippen molar-refractivity contribution in [2.24, 2.45) is 5.92 Å². The van der Waals surface area contributed by atoms with E-state index >= 15 is 0 Å². The minimum Gasteiger partial charge on any atom is -0.348 e. The lowest BCUT2D eigenvalue weighted by molar-refractivity contribution is -0.132. The monoisotopic (exact) mass is 206 g/mol. The topological polar surface area (TPSA) is 41.1 Å². The molecule has 1 heterocycles. The number of carbonyl (C=O) groups is 1. The Morgan fingerprint density at radius 3 is 2.79 bits per heavy atom. The van der Waals surface area contributed by atoms with Gasteiger partial charge in [-0.3, -0.25) is 4.79 Å². The lowest BCUT2D eigenvalue weighted by Crippen LogP contribution is -2.46. The molecule has 2 N–H and O–H groups in total. The van der Waals surface area contributed by atoms with E-state index in [1.165, 1.54) is 0 Å². The molecule has 1 aliphatic rings. The number of piperidine rings is 1. The minimum atomic E-state index is -2.91. The maximum Gasteiger partial charge on any atom is 0.315 e. The Morgan fingerprint density at radius 1 is 1.57 bits per heavy atom. The summed E-state index contributed by atoms with van der Waals surface area (Å²) in [6.07, 6.45) is -0.883. The molecule has 0 spiro atoms. The average Bonchev–Trinajstić information content (AvgIpc) is 2.19. The number of nitrogens with one attached hydrogen (secondary N) is 2. The van der Waals surface area contributed by atoms with E-state index in [1.54, 1.807) is 6.92 Å². The highest BCUT2D eigenvalue weighted by molar-refractivity contribution is 5.79. The lowest BCUT2D eigenvalue weighted by Gasteiger charge is -2.28. The summed E-state index contributed by atoms with van der Waals surface area (Å²) < 4.78 is 23.9. The van der Waals surface area contributed by atoms with Crippen molar-refractivity contribution in [1.29, 1.82) is 0 Å². The van der Waals surface area contributed by atoms with E-state index in [2.05, 4.69) is 10.6 Å². The van der Waals surface area contributed by atoms with Gasteiger partial charge in [-0.05, 0) is 38.8 Å². The molecule has 1 amide bonds. The largest absolute Gasteiger partial charge is 0.348 e. The van der Waals surface area contributed by atoms with Gasteiger partial charge >= 0.3 is 6.43 Å². The summed E-state index contributed by atoms with van der Waals surface area (Å²) in [4.78, 5) is 10.7. The molecular weight excluding hydrogens is 190 g/mol. The Balaban J connectivity index is 2.32. The summed E-state index contributed by atoms with van der Waals surface area (Å²) in [5.41, 5.74) is 0. The second-order valence-electron chi connectivity index (χ2n) is 3.70. The standard InChI is InChI=1S/C9H16F2N2O/c1-6(13-9(14)8(10)11)7-3-2-4-12-5-7/h6-8,12H,2-5H2,1H3,(H,13,14). The normalized spacial score (nSPS) is 24.7. The predicted molar refractivity (Wildman–Crippen MR) is 49.2 cm³/mol. The summed E-state index contributed by atoms with van der Waals surface area (Å²) >= 11 is 0. The van der Waals surface area contributed by atoms with Crippen LogP contribution in [0.2, 0.25) is 0 Å². The van der Waals surface area contributed by atoms with Gasteiger partial charge in [0.15, 0.2) is 0 Å². The van der Waals surface area contributed by atoms with E-state index in [0.717, 1.165) is 25.9 Å². The van der Waals surface area contributed by atoms with Gasteiger partial charge in [-0.25, -0.2) is 0 Å². The molecule has 2 unspecified atom stereocenters. The first kappa shape index (κ1) is 11.4. The fourth-order valence-electron chi connectivity index (χ4n) is 1.71. The summed E-state index contributed by atoms with van der Waals surface area (Å²) in [7, 11) is 0. The van der Waals surface area contributed by atoms with Crippen molar-refractivity contribution < 1.29 is 13.6 Å². The van der Waals surface area contributed by atoms with Crippen LogP contribution in [0.25, 0.3) is 0 Å². The lowest BCUT2D eigenvalue weighted by atomic mass is 9.93. The van der Waals surface area contributed by atoms with Crippen molar-refractivity contribution >= 4 is 5.91 Å². The van der Waals surface area contributed by atoms with Gasteiger partial charge in [0, 0.05) is 6.04 Å². The van der Waals surface area contributed by atoms with Crippen molar-refractivity contribution in [3.05, 3.63) is 0 Å². The van der Waals surface area contributed by atoms with Crippen molar-refractivity contribution in [1.82, 2.24) is 10.6 Å². The minimum absolute atomic E-state index is 0.177. The summed E-state index contributed by atoms with van der Waals surface area (Å²) in [6, 6.07) is -0.177. The first-order chi connectivity index (χ1) is 6.61. The van der Waals surface area contributed by atoms with Crippen molar-refractivity contribution in [2.45, 2.75) is 32.2 Å². The van der Waals surface area contributed by atoms with Gasteiger partial charge < -0.3 is 10.6 Å². The third-order valence-corrected chi connectivity index (χ3v) is 2.61. The third kappa shape index (κ3) is 3.21. The number of hydrogen-bond acceptors (Lipinski definition) is 2. The number of amides is 1. The van der Waals surface area contributed by atoms with E-state index in [0.29, 0.717) is 0 Å². The van der Waals surface area contributed by atoms with Gasteiger partial charge in [-0.1, -0.05) is 0 Å². The average molecular weight is 206 g/mol. The molecule has 0 aromatic heterocycles. The zero-order valence-corrected chi connectivity index (χ0v) is 8.22. The molecule has 3 nitrogen and oxygen atoms in total. The molecule has 0 radical (unpaired) electrons. The van der Waals surface area contributed by atoms with Crippen LogP contribution < -0.4 is 10.6 Å². The highest BCUT2D eigenvalue weighted by atomic mass is 19.3. The Kier molecular flexibility index (Phi) is 4.25. The predicted octanol–water partition coefficient (Wildman–Crippen LogP) is 0.756. The van der Waals surface area contributed by atoms with E-state index in [9.17, 15) is 13.6 Å². The Labute approximate surface area is 82.2 Å². The van der Waals surface area contributed by atoms with Gasteiger partial charge in [0.2, 0.25) is 0 Å². The first-order valence-electron chi connectivity index (χ1n) is 4.90. The molecule has 2 atom stereocenters. The second-order valence-corrected chi connectivity index (χ2v) is 3.70. The van der Waals surface area contributed by atoms with Gasteiger partial charge in [-0.15, -0.1) is 0 Å². The molecule has 0 aliphatic carbocycles. The highest BCUT2D eigenvalue weighted by Gasteiger charge is 2.24. The fourth-order valence-corrected chi connectivity index (χ4v) is 1.71. The number of rotatable bonds is 3. The number of halogens is 2. The first-order valence-corrected chi connectivity index (χ1v) is 4.90. The van der Waals surface area contributed by atoms with Crippen LogP contribution in [0.15, 0.2) is 0 Å². The molecule has 1 aliphatic heterocycles.